The van der Waals surface area contributed by atoms with Gasteiger partial charge in [0, 0.05) is 19.6 Å². The molecule has 1 aromatic carbocycles. The van der Waals surface area contributed by atoms with Crippen molar-refractivity contribution in [1.29, 1.82) is 0 Å². The highest BCUT2D eigenvalue weighted by atomic mass is 16.6. The molecular weight excluding hydrogens is 554 g/mol. The maximum atomic E-state index is 13.7. The smallest absolute Gasteiger partial charge is 0.410 e. The van der Waals surface area contributed by atoms with Crippen molar-refractivity contribution >= 4 is 29.9 Å². The van der Waals surface area contributed by atoms with Crippen LogP contribution in [0.4, 0.5) is 9.59 Å². The van der Waals surface area contributed by atoms with Crippen molar-refractivity contribution in [2.75, 3.05) is 26.2 Å². The van der Waals surface area contributed by atoms with Crippen LogP contribution >= 0.6 is 0 Å². The van der Waals surface area contributed by atoms with Crippen molar-refractivity contribution in [3.8, 4) is 0 Å². The van der Waals surface area contributed by atoms with Crippen LogP contribution in [0.25, 0.3) is 0 Å². The van der Waals surface area contributed by atoms with Crippen LogP contribution in [0.1, 0.15) is 72.3 Å². The lowest BCUT2D eigenvalue weighted by Gasteiger charge is -2.40. The molecule has 2 aliphatic heterocycles. The van der Waals surface area contributed by atoms with E-state index in [1.54, 1.807) is 25.7 Å². The second-order valence-corrected chi connectivity index (χ2v) is 12.7. The number of piperidine rings is 1. The summed E-state index contributed by atoms with van der Waals surface area (Å²) in [4.78, 5) is 69.5. The van der Waals surface area contributed by atoms with Crippen molar-refractivity contribution < 1.29 is 33.4 Å². The summed E-state index contributed by atoms with van der Waals surface area (Å²) in [6.45, 7) is 9.87. The Morgan fingerprint density at radius 2 is 1.72 bits per heavy atom. The number of carbonyl (C=O) groups is 5. The second kappa shape index (κ2) is 15.1. The Labute approximate surface area is 254 Å². The van der Waals surface area contributed by atoms with Crippen molar-refractivity contribution in [1.82, 2.24) is 20.0 Å². The summed E-state index contributed by atoms with van der Waals surface area (Å²) in [7, 11) is 0. The number of nitrogens with two attached hydrogens (primary N) is 1. The third-order valence-corrected chi connectivity index (χ3v) is 7.49. The maximum absolute atomic E-state index is 13.7. The number of primary amides is 1. The Bertz CT molecular complexity index is 1140. The number of nitrogens with zero attached hydrogens (tertiary/aromatic N) is 3. The molecule has 0 radical (unpaired) electrons. The van der Waals surface area contributed by atoms with E-state index >= 15 is 0 Å². The van der Waals surface area contributed by atoms with Crippen molar-refractivity contribution in [2.24, 2.45) is 11.7 Å². The molecule has 43 heavy (non-hydrogen) atoms. The van der Waals surface area contributed by atoms with Gasteiger partial charge in [0.1, 0.15) is 30.8 Å². The number of rotatable bonds is 10. The van der Waals surface area contributed by atoms with Gasteiger partial charge in [-0.15, -0.1) is 0 Å². The number of likely N-dealkylation sites (tertiary alicyclic amines) is 2. The summed E-state index contributed by atoms with van der Waals surface area (Å²) in [5.74, 6) is -1.13. The Morgan fingerprint density at radius 3 is 2.35 bits per heavy atom. The number of hydrogen-bond donors (Lipinski definition) is 2. The highest BCUT2D eigenvalue weighted by Crippen LogP contribution is 2.22. The lowest BCUT2D eigenvalue weighted by molar-refractivity contribution is -0.139. The van der Waals surface area contributed by atoms with Crippen LogP contribution in [-0.4, -0.2) is 94.5 Å². The van der Waals surface area contributed by atoms with Crippen LogP contribution in [0.2, 0.25) is 0 Å². The van der Waals surface area contributed by atoms with E-state index in [-0.39, 0.29) is 31.5 Å². The molecule has 238 valence electrons. The van der Waals surface area contributed by atoms with E-state index in [0.717, 1.165) is 5.56 Å². The van der Waals surface area contributed by atoms with Gasteiger partial charge in [0.15, 0.2) is 0 Å². The first-order valence-corrected chi connectivity index (χ1v) is 15.1. The average Bonchev–Trinajstić information content (AvgIpc) is 3.44. The summed E-state index contributed by atoms with van der Waals surface area (Å²) in [6, 6.07) is 7.16. The van der Waals surface area contributed by atoms with Gasteiger partial charge in [-0.25, -0.2) is 9.59 Å². The van der Waals surface area contributed by atoms with Gasteiger partial charge in [0.25, 0.3) is 0 Å². The highest BCUT2D eigenvalue weighted by Gasteiger charge is 2.39. The Morgan fingerprint density at radius 1 is 1.05 bits per heavy atom. The van der Waals surface area contributed by atoms with E-state index in [0.29, 0.717) is 45.2 Å². The minimum atomic E-state index is -0.811. The zero-order valence-electron chi connectivity index (χ0n) is 26.0. The third kappa shape index (κ3) is 10.1. The molecule has 0 spiro atoms. The summed E-state index contributed by atoms with van der Waals surface area (Å²) < 4.78 is 11.0. The highest BCUT2D eigenvalue weighted by molar-refractivity contribution is 5.89. The third-order valence-electron chi connectivity index (χ3n) is 7.49. The van der Waals surface area contributed by atoms with Crippen LogP contribution in [-0.2, 0) is 30.5 Å². The fourth-order valence-corrected chi connectivity index (χ4v) is 5.51. The molecule has 3 N–H and O–H groups in total. The molecule has 2 aliphatic rings. The molecule has 1 aromatic rings. The van der Waals surface area contributed by atoms with Gasteiger partial charge in [-0.05, 0) is 64.4 Å². The number of amides is 5. The van der Waals surface area contributed by atoms with Crippen LogP contribution in [0.3, 0.4) is 0 Å². The number of alkyl carbamates (subject to hydrolysis) is 1. The minimum absolute atomic E-state index is 0.0175. The zero-order valence-corrected chi connectivity index (χ0v) is 26.0. The molecule has 0 bridgehead atoms. The van der Waals surface area contributed by atoms with Gasteiger partial charge < -0.3 is 30.3 Å². The Hall–Kier alpha value is -3.83. The van der Waals surface area contributed by atoms with Crippen LogP contribution in [0.15, 0.2) is 30.3 Å². The van der Waals surface area contributed by atoms with Gasteiger partial charge in [0.2, 0.25) is 17.7 Å². The summed E-state index contributed by atoms with van der Waals surface area (Å²) >= 11 is 0. The topological polar surface area (TPSA) is 152 Å². The van der Waals surface area contributed by atoms with E-state index in [9.17, 15) is 24.0 Å². The van der Waals surface area contributed by atoms with E-state index in [1.165, 1.54) is 9.80 Å². The lowest BCUT2D eigenvalue weighted by Crippen LogP contribution is -2.58. The fourth-order valence-electron chi connectivity index (χ4n) is 5.51. The van der Waals surface area contributed by atoms with Gasteiger partial charge in [-0.3, -0.25) is 19.3 Å². The standard InChI is InChI=1S/C31H47N5O7/c1-21(2)17-24(33-29(40)43-31(3,4)5)28(39)34-15-9-13-23(18-34)36(30(41)42-20-22-11-7-6-8-12-22)19-26(37)35-16-10-14-25(35)27(32)38/h6-8,11-12,21,23-25H,9-10,13-20H2,1-5H3,(H2,32,38)(H,33,40)/t23-,24-,25-/m0/s1. The molecule has 0 aromatic heterocycles. The molecule has 12 heteroatoms. The number of carbonyl (C=O) groups excluding carboxylic acids is 5. The van der Waals surface area contributed by atoms with E-state index in [2.05, 4.69) is 5.32 Å². The van der Waals surface area contributed by atoms with Crippen LogP contribution in [0, 0.1) is 5.92 Å². The molecule has 12 nitrogen and oxygen atoms in total. The Kier molecular flexibility index (Phi) is 11.8. The summed E-state index contributed by atoms with van der Waals surface area (Å²) in [6.07, 6.45) is 1.30. The Balaban J connectivity index is 1.78. The number of nitrogens with one attached hydrogen (secondary N) is 1. The van der Waals surface area contributed by atoms with Crippen LogP contribution < -0.4 is 11.1 Å². The molecule has 0 unspecified atom stereocenters. The molecule has 2 fully saturated rings. The molecule has 0 saturated carbocycles. The average molecular weight is 602 g/mol. The van der Waals surface area contributed by atoms with Crippen LogP contribution in [0.5, 0.6) is 0 Å². The number of hydrogen-bond acceptors (Lipinski definition) is 7. The van der Waals surface area contributed by atoms with Gasteiger partial charge in [-0.1, -0.05) is 44.2 Å². The second-order valence-electron chi connectivity index (χ2n) is 12.7. The van der Waals surface area contributed by atoms with Crippen molar-refractivity contribution in [3.05, 3.63) is 35.9 Å². The van der Waals surface area contributed by atoms with E-state index in [1.807, 2.05) is 44.2 Å². The lowest BCUT2D eigenvalue weighted by atomic mass is 9.99. The fraction of sp³-hybridized carbons (Fsp3) is 0.645. The first-order chi connectivity index (χ1) is 20.2. The zero-order chi connectivity index (χ0) is 31.7. The largest absolute Gasteiger partial charge is 0.445 e. The predicted octanol–water partition coefficient (Wildman–Crippen LogP) is 3.03. The van der Waals surface area contributed by atoms with E-state index < -0.39 is 47.7 Å². The normalized spacial score (nSPS) is 19.5. The quantitative estimate of drug-likeness (QED) is 0.418. The molecule has 0 aliphatic carbocycles. The molecule has 3 atom stereocenters. The van der Waals surface area contributed by atoms with Gasteiger partial charge in [-0.2, -0.15) is 0 Å². The number of ether oxygens (including phenoxy) is 2. The summed E-state index contributed by atoms with van der Waals surface area (Å²) in [5.41, 5.74) is 5.60. The predicted molar refractivity (Wildman–Crippen MR) is 159 cm³/mol. The number of benzene rings is 1. The van der Waals surface area contributed by atoms with Crippen molar-refractivity contribution in [2.45, 2.75) is 97.1 Å². The SMILES string of the molecule is CC(C)C[C@H](NC(=O)OC(C)(C)C)C(=O)N1CCC[C@H](N(CC(=O)N2CCC[C@H]2C(N)=O)C(=O)OCc2ccccc2)C1. The molecule has 3 rings (SSSR count). The van der Waals surface area contributed by atoms with Crippen molar-refractivity contribution in [3.63, 3.8) is 0 Å². The first-order valence-electron chi connectivity index (χ1n) is 15.1. The molecule has 5 amide bonds. The monoisotopic (exact) mass is 601 g/mol. The van der Waals surface area contributed by atoms with E-state index in [4.69, 9.17) is 15.2 Å². The van der Waals surface area contributed by atoms with Gasteiger partial charge >= 0.3 is 12.2 Å². The minimum Gasteiger partial charge on any atom is -0.445 e. The molecule has 2 heterocycles. The maximum Gasteiger partial charge on any atom is 0.410 e. The summed E-state index contributed by atoms with van der Waals surface area (Å²) in [5, 5.41) is 2.73. The molecular formula is C31H47N5O7. The van der Waals surface area contributed by atoms with Gasteiger partial charge in [0.05, 0.1) is 6.04 Å². The first kappa shape index (κ1) is 33.7. The molecule has 2 saturated heterocycles.